The molecule has 0 aliphatic carbocycles. The Balaban J connectivity index is -0.0000000178. The Bertz CT molecular complexity index is 649. The van der Waals surface area contributed by atoms with Crippen LogP contribution in [0.5, 0.6) is 0 Å². The number of rotatable bonds is 0. The zero-order chi connectivity index (χ0) is 11.2. The van der Waals surface area contributed by atoms with E-state index in [1.165, 1.54) is 0 Å². The van der Waals surface area contributed by atoms with Gasteiger partial charge in [-0.25, -0.2) is 0 Å². The first kappa shape index (κ1) is 36.1. The number of hydrogen-bond acceptors (Lipinski definition) is 0. The Hall–Kier alpha value is -2.29. The average Bonchev–Trinajstić information content (AvgIpc) is 2.26. The molecule has 0 aromatic carbocycles. The van der Waals surface area contributed by atoms with Crippen molar-refractivity contribution in [1.82, 2.24) is 0 Å². The van der Waals surface area contributed by atoms with E-state index in [0.29, 0.717) is 0 Å². The Morgan fingerprint density at radius 1 is 0.650 bits per heavy atom. The van der Waals surface area contributed by atoms with Crippen molar-refractivity contribution in [3.05, 3.63) is 14.9 Å². The van der Waals surface area contributed by atoms with Gasteiger partial charge in [-0.1, -0.05) is 5.92 Å². The summed E-state index contributed by atoms with van der Waals surface area (Å²) in [6.07, 6.45) is 4.87. The topological polar surface area (TPSA) is 0 Å². The normalized spacial score (nSPS) is 2.80. The second-order valence-electron chi connectivity index (χ2n) is 1.77. The van der Waals surface area contributed by atoms with Gasteiger partial charge in [-0.15, -0.1) is 6.42 Å². The van der Waals surface area contributed by atoms with Gasteiger partial charge in [0.1, 0.15) is 0 Å². The second-order valence-corrected chi connectivity index (χ2v) is 1.77. The number of terminal acetylenes is 1. The Morgan fingerprint density at radius 2 is 0.900 bits per heavy atom. The van der Waals surface area contributed by atoms with Crippen molar-refractivity contribution in [2.45, 2.75) is 6.92 Å². The molecule has 0 fully saturated rings. The fraction of sp³-hybridized carbons (Fsp3) is 0.0588. The maximum absolute atomic E-state index is 4.87. The molecule has 0 aliphatic rings. The van der Waals surface area contributed by atoms with Crippen LogP contribution < -0.4 is 0 Å². The molecule has 0 saturated carbocycles. The van der Waals surface area contributed by atoms with Crippen molar-refractivity contribution in [1.29, 1.82) is 0 Å². The maximum atomic E-state index is 4.87. The molecule has 0 spiro atoms. The number of hydrogen-bond donors (Lipinski definition) is 0. The van der Waals surface area contributed by atoms with Crippen LogP contribution in [0, 0.1) is 98.2 Å². The van der Waals surface area contributed by atoms with Crippen LogP contribution in [0.4, 0.5) is 0 Å². The molecule has 0 nitrogen and oxygen atoms in total. The largest absolute Gasteiger partial charge is 2.00 e. The van der Waals surface area contributed by atoms with Crippen molar-refractivity contribution in [2.75, 3.05) is 0 Å². The molecule has 0 bridgehead atoms. The summed E-state index contributed by atoms with van der Waals surface area (Å²) in [5, 5.41) is 0. The predicted molar refractivity (Wildman–Crippen MR) is 99.6 cm³/mol. The molecule has 0 aliphatic heterocycles. The SMILES string of the molecule is C#CC#CC#CC#CC#CC#CC#CC.[BH].[B].[CH3-].[CH3-].[HH].[HH].[HH].[HH].[HH].[HH].[Pd+2]. The first-order valence-corrected chi connectivity index (χ1v) is 3.79. The van der Waals surface area contributed by atoms with Crippen LogP contribution in [-0.4, -0.2) is 16.8 Å². The monoisotopic (exact) mass is 355 g/mol. The van der Waals surface area contributed by atoms with E-state index in [1.807, 2.05) is 0 Å². The molecule has 20 heavy (non-hydrogen) atoms. The molecule has 0 aromatic heterocycles. The minimum Gasteiger partial charge on any atom is -0.358 e. The molecular formula is C17H23B2Pd. The molecule has 0 rings (SSSR count). The quantitative estimate of drug-likeness (QED) is 0.354. The molecule has 0 atom stereocenters. The van der Waals surface area contributed by atoms with Crippen molar-refractivity contribution in [3.8, 4) is 83.4 Å². The predicted octanol–water partition coefficient (Wildman–Crippen LogP) is 2.00. The first-order chi connectivity index (χ1) is 7.41. The molecule has 0 N–H and O–H groups in total. The van der Waals surface area contributed by atoms with Crippen LogP contribution in [0.1, 0.15) is 15.5 Å². The smallest absolute Gasteiger partial charge is 0.358 e. The second kappa shape index (κ2) is 36.0. The maximum Gasteiger partial charge on any atom is 2.00 e. The summed E-state index contributed by atoms with van der Waals surface area (Å²) < 4.78 is 0. The van der Waals surface area contributed by atoms with E-state index >= 15 is 0 Å². The van der Waals surface area contributed by atoms with Gasteiger partial charge in [0.2, 0.25) is 0 Å². The Kier molecular flexibility index (Phi) is 64.8. The van der Waals surface area contributed by atoms with Crippen LogP contribution >= 0.6 is 0 Å². The van der Waals surface area contributed by atoms with Crippen LogP contribution in [0.3, 0.4) is 0 Å². The van der Waals surface area contributed by atoms with E-state index in [-0.39, 0.29) is 60.7 Å². The van der Waals surface area contributed by atoms with E-state index in [2.05, 4.69) is 77.0 Å². The molecule has 5 radical (unpaired) electrons. The molecular weight excluding hydrogens is 332 g/mol. The van der Waals surface area contributed by atoms with Gasteiger partial charge in [0, 0.05) is 25.4 Å². The van der Waals surface area contributed by atoms with E-state index in [4.69, 9.17) is 6.42 Å². The minimum atomic E-state index is 0. The van der Waals surface area contributed by atoms with E-state index in [1.54, 1.807) is 6.92 Å². The minimum absolute atomic E-state index is 0. The summed E-state index contributed by atoms with van der Waals surface area (Å²) in [5.41, 5.74) is 0. The summed E-state index contributed by atoms with van der Waals surface area (Å²) in [5.74, 6) is 31.9. The van der Waals surface area contributed by atoms with Gasteiger partial charge in [0.15, 0.2) is 0 Å². The van der Waals surface area contributed by atoms with Gasteiger partial charge in [0.25, 0.3) is 0 Å². The summed E-state index contributed by atoms with van der Waals surface area (Å²) in [6, 6.07) is 0. The van der Waals surface area contributed by atoms with Crippen LogP contribution in [-0.2, 0) is 20.4 Å². The van der Waals surface area contributed by atoms with E-state index < -0.39 is 0 Å². The van der Waals surface area contributed by atoms with Gasteiger partial charge < -0.3 is 14.9 Å². The van der Waals surface area contributed by atoms with Crippen molar-refractivity contribution < 1.29 is 29.0 Å². The molecule has 0 heterocycles. The summed E-state index contributed by atoms with van der Waals surface area (Å²) in [7, 11) is 0. The first-order valence-electron chi connectivity index (χ1n) is 3.79. The van der Waals surface area contributed by atoms with Gasteiger partial charge in [-0.05, 0) is 78.0 Å². The van der Waals surface area contributed by atoms with Gasteiger partial charge in [-0.3, -0.25) is 0 Å². The zero-order valence-corrected chi connectivity index (χ0v) is 13.2. The standard InChI is InChI=1S/C15H4.2CH3.BH.B.Pd.6H2/c1-3-5-7-9-11-13-15-14-12-10-8-6-4-2;;;;;;;;;;;/h1H,2H3;2*1H3;1H;;;6*1H/q;2*-1;;;+2;;;;;;. The molecule has 0 unspecified atom stereocenters. The molecule has 0 amide bonds. The van der Waals surface area contributed by atoms with Crippen LogP contribution in [0.25, 0.3) is 0 Å². The third kappa shape index (κ3) is 36.1. The summed E-state index contributed by atoms with van der Waals surface area (Å²) in [4.78, 5) is 0. The van der Waals surface area contributed by atoms with Crippen molar-refractivity contribution >= 4 is 16.8 Å². The fourth-order valence-electron chi connectivity index (χ4n) is 0.380. The van der Waals surface area contributed by atoms with Crippen LogP contribution in [0.2, 0.25) is 0 Å². The van der Waals surface area contributed by atoms with E-state index in [0.717, 1.165) is 0 Å². The molecule has 107 valence electrons. The van der Waals surface area contributed by atoms with Gasteiger partial charge >= 0.3 is 20.4 Å². The van der Waals surface area contributed by atoms with Crippen LogP contribution in [0.15, 0.2) is 0 Å². The van der Waals surface area contributed by atoms with Gasteiger partial charge in [-0.2, -0.15) is 0 Å². The Labute approximate surface area is 151 Å². The van der Waals surface area contributed by atoms with Crippen molar-refractivity contribution in [2.24, 2.45) is 0 Å². The van der Waals surface area contributed by atoms with Crippen molar-refractivity contribution in [3.63, 3.8) is 0 Å². The van der Waals surface area contributed by atoms with Gasteiger partial charge in [0.05, 0.1) is 0 Å². The zero-order valence-electron chi connectivity index (χ0n) is 11.7. The summed E-state index contributed by atoms with van der Waals surface area (Å²) >= 11 is 0. The molecule has 0 aromatic rings. The molecule has 3 heteroatoms. The average molecular weight is 355 g/mol. The molecule has 0 saturated heterocycles. The third-order valence-electron chi connectivity index (χ3n) is 0.822. The summed E-state index contributed by atoms with van der Waals surface area (Å²) in [6.45, 7) is 1.70. The Morgan fingerprint density at radius 3 is 1.15 bits per heavy atom. The third-order valence-corrected chi connectivity index (χ3v) is 0.822. The fourth-order valence-corrected chi connectivity index (χ4v) is 0.380. The van der Waals surface area contributed by atoms with E-state index in [9.17, 15) is 0 Å².